The highest BCUT2D eigenvalue weighted by Gasteiger charge is 2.11. The van der Waals surface area contributed by atoms with E-state index in [2.05, 4.69) is 6.58 Å². The average molecular weight is 384 g/mol. The Kier molecular flexibility index (Phi) is 6.04. The zero-order chi connectivity index (χ0) is 20.1. The van der Waals surface area contributed by atoms with Crippen molar-refractivity contribution in [2.75, 3.05) is 6.61 Å². The van der Waals surface area contributed by atoms with E-state index in [1.165, 1.54) is 25.1 Å². The highest BCUT2D eigenvalue weighted by molar-refractivity contribution is 5.65. The first-order valence-electron chi connectivity index (χ1n) is 8.69. The standard InChI is InChI=1S/C23H19F3O2/c1-3-12-27-21-11-8-17(13-20(21)24)16-6-9-19(10-7-16)28-14-18-5-4-15(2)22(25)23(18)26/h3-11,13H,1,12,14H2,2H3. The van der Waals surface area contributed by atoms with Gasteiger partial charge in [0.05, 0.1) is 0 Å². The van der Waals surface area contributed by atoms with Gasteiger partial charge in [-0.15, -0.1) is 0 Å². The Balaban J connectivity index is 1.69. The Morgan fingerprint density at radius 1 is 0.857 bits per heavy atom. The second kappa shape index (κ2) is 8.65. The van der Waals surface area contributed by atoms with E-state index in [0.29, 0.717) is 11.3 Å². The van der Waals surface area contributed by atoms with Crippen LogP contribution < -0.4 is 9.47 Å². The minimum absolute atomic E-state index is 0.0909. The number of aryl methyl sites for hydroxylation is 1. The molecule has 5 heteroatoms. The van der Waals surface area contributed by atoms with Gasteiger partial charge in [0.2, 0.25) is 0 Å². The Bertz CT molecular complexity index is 982. The molecule has 0 atom stereocenters. The predicted octanol–water partition coefficient (Wildman–Crippen LogP) is 6.22. The molecular formula is C23H19F3O2. The topological polar surface area (TPSA) is 18.5 Å². The van der Waals surface area contributed by atoms with Crippen LogP contribution in [0, 0.1) is 24.4 Å². The Morgan fingerprint density at radius 3 is 2.25 bits per heavy atom. The molecule has 28 heavy (non-hydrogen) atoms. The molecule has 0 fully saturated rings. The zero-order valence-electron chi connectivity index (χ0n) is 15.3. The molecule has 0 aliphatic rings. The summed E-state index contributed by atoms with van der Waals surface area (Å²) in [6, 6.07) is 14.6. The van der Waals surface area contributed by atoms with Gasteiger partial charge in [-0.1, -0.05) is 43.0 Å². The molecule has 0 heterocycles. The van der Waals surface area contributed by atoms with Crippen LogP contribution in [0.5, 0.6) is 11.5 Å². The van der Waals surface area contributed by atoms with Crippen LogP contribution in [0.3, 0.4) is 0 Å². The Hall–Kier alpha value is -3.21. The van der Waals surface area contributed by atoms with Crippen LogP contribution in [-0.2, 0) is 6.61 Å². The summed E-state index contributed by atoms with van der Waals surface area (Å²) >= 11 is 0. The van der Waals surface area contributed by atoms with Gasteiger partial charge < -0.3 is 9.47 Å². The zero-order valence-corrected chi connectivity index (χ0v) is 15.3. The quantitative estimate of drug-likeness (QED) is 0.450. The van der Waals surface area contributed by atoms with Gasteiger partial charge in [0, 0.05) is 5.56 Å². The van der Waals surface area contributed by atoms with Gasteiger partial charge in [0.25, 0.3) is 0 Å². The van der Waals surface area contributed by atoms with E-state index < -0.39 is 17.5 Å². The molecule has 3 aromatic rings. The second-order valence-electron chi connectivity index (χ2n) is 6.23. The smallest absolute Gasteiger partial charge is 0.165 e. The van der Waals surface area contributed by atoms with Gasteiger partial charge in [0.15, 0.2) is 23.2 Å². The van der Waals surface area contributed by atoms with Crippen molar-refractivity contribution < 1.29 is 22.6 Å². The van der Waals surface area contributed by atoms with E-state index in [1.54, 1.807) is 42.5 Å². The monoisotopic (exact) mass is 384 g/mol. The Labute approximate surface area is 161 Å². The Morgan fingerprint density at radius 2 is 1.57 bits per heavy atom. The first kappa shape index (κ1) is 19.5. The van der Waals surface area contributed by atoms with E-state index >= 15 is 0 Å². The molecule has 0 amide bonds. The van der Waals surface area contributed by atoms with Crippen molar-refractivity contribution in [3.05, 3.63) is 95.8 Å². The van der Waals surface area contributed by atoms with E-state index in [4.69, 9.17) is 9.47 Å². The van der Waals surface area contributed by atoms with Crippen molar-refractivity contribution in [2.24, 2.45) is 0 Å². The van der Waals surface area contributed by atoms with Gasteiger partial charge in [-0.3, -0.25) is 0 Å². The molecule has 0 aromatic heterocycles. The molecule has 2 nitrogen and oxygen atoms in total. The maximum atomic E-state index is 14.1. The second-order valence-corrected chi connectivity index (χ2v) is 6.23. The van der Waals surface area contributed by atoms with Crippen molar-refractivity contribution in [3.63, 3.8) is 0 Å². The lowest BCUT2D eigenvalue weighted by Gasteiger charge is -2.10. The molecule has 144 valence electrons. The van der Waals surface area contributed by atoms with Gasteiger partial charge >= 0.3 is 0 Å². The predicted molar refractivity (Wildman–Crippen MR) is 103 cm³/mol. The molecule has 0 saturated carbocycles. The fourth-order valence-corrected chi connectivity index (χ4v) is 2.65. The maximum Gasteiger partial charge on any atom is 0.165 e. The average Bonchev–Trinajstić information content (AvgIpc) is 2.71. The molecule has 0 saturated heterocycles. The van der Waals surface area contributed by atoms with Crippen molar-refractivity contribution in [3.8, 4) is 22.6 Å². The first-order chi connectivity index (χ1) is 13.5. The third-order valence-electron chi connectivity index (χ3n) is 4.23. The molecular weight excluding hydrogens is 365 g/mol. The summed E-state index contributed by atoms with van der Waals surface area (Å²) in [7, 11) is 0. The fourth-order valence-electron chi connectivity index (χ4n) is 2.65. The number of benzene rings is 3. The SMILES string of the molecule is C=CCOc1ccc(-c2ccc(OCc3ccc(C)c(F)c3F)cc2)cc1F. The van der Waals surface area contributed by atoms with Gasteiger partial charge in [0.1, 0.15) is 19.0 Å². The summed E-state index contributed by atoms with van der Waals surface area (Å²) in [6.45, 7) is 5.17. The van der Waals surface area contributed by atoms with Crippen LogP contribution in [0.15, 0.2) is 67.3 Å². The number of rotatable bonds is 7. The van der Waals surface area contributed by atoms with Gasteiger partial charge in [-0.25, -0.2) is 13.2 Å². The molecule has 3 rings (SSSR count). The summed E-state index contributed by atoms with van der Waals surface area (Å²) in [5, 5.41) is 0. The van der Waals surface area contributed by atoms with Crippen molar-refractivity contribution in [2.45, 2.75) is 13.5 Å². The highest BCUT2D eigenvalue weighted by Crippen LogP contribution is 2.27. The van der Waals surface area contributed by atoms with Crippen LogP contribution in [0.2, 0.25) is 0 Å². The van der Waals surface area contributed by atoms with Gasteiger partial charge in [-0.2, -0.15) is 0 Å². The number of halogens is 3. The third kappa shape index (κ3) is 4.36. The van der Waals surface area contributed by atoms with E-state index in [9.17, 15) is 13.2 Å². The van der Waals surface area contributed by atoms with Crippen LogP contribution >= 0.6 is 0 Å². The lowest BCUT2D eigenvalue weighted by Crippen LogP contribution is -2.02. The normalized spacial score (nSPS) is 10.6. The molecule has 0 bridgehead atoms. The van der Waals surface area contributed by atoms with Crippen LogP contribution in [0.4, 0.5) is 13.2 Å². The summed E-state index contributed by atoms with van der Waals surface area (Å²) in [6.07, 6.45) is 1.54. The van der Waals surface area contributed by atoms with Crippen molar-refractivity contribution in [1.29, 1.82) is 0 Å². The van der Waals surface area contributed by atoms with E-state index in [-0.39, 0.29) is 30.1 Å². The summed E-state index contributed by atoms with van der Waals surface area (Å²) in [4.78, 5) is 0. The third-order valence-corrected chi connectivity index (χ3v) is 4.23. The summed E-state index contributed by atoms with van der Waals surface area (Å²) < 4.78 is 52.4. The van der Waals surface area contributed by atoms with Crippen LogP contribution in [-0.4, -0.2) is 6.61 Å². The number of ether oxygens (including phenoxy) is 2. The number of hydrogen-bond donors (Lipinski definition) is 0. The van der Waals surface area contributed by atoms with Crippen LogP contribution in [0.1, 0.15) is 11.1 Å². The molecule has 0 radical (unpaired) electrons. The van der Waals surface area contributed by atoms with Crippen molar-refractivity contribution in [1.82, 2.24) is 0 Å². The molecule has 3 aromatic carbocycles. The molecule has 0 aliphatic heterocycles. The highest BCUT2D eigenvalue weighted by atomic mass is 19.2. The fraction of sp³-hybridized carbons (Fsp3) is 0.130. The molecule has 0 spiro atoms. The lowest BCUT2D eigenvalue weighted by molar-refractivity contribution is 0.297. The minimum atomic E-state index is -0.897. The van der Waals surface area contributed by atoms with E-state index in [0.717, 1.165) is 5.56 Å². The molecule has 0 N–H and O–H groups in total. The molecule has 0 unspecified atom stereocenters. The molecule has 0 aliphatic carbocycles. The maximum absolute atomic E-state index is 14.1. The lowest BCUT2D eigenvalue weighted by atomic mass is 10.1. The summed E-state index contributed by atoms with van der Waals surface area (Å²) in [5.74, 6) is -1.56. The van der Waals surface area contributed by atoms with E-state index in [1.807, 2.05) is 0 Å². The number of hydrogen-bond acceptors (Lipinski definition) is 2. The van der Waals surface area contributed by atoms with Gasteiger partial charge in [-0.05, 0) is 47.9 Å². The largest absolute Gasteiger partial charge is 0.489 e. The first-order valence-corrected chi connectivity index (χ1v) is 8.69. The minimum Gasteiger partial charge on any atom is -0.489 e. The summed E-state index contributed by atoms with van der Waals surface area (Å²) in [5.41, 5.74) is 1.86. The van der Waals surface area contributed by atoms with Crippen LogP contribution in [0.25, 0.3) is 11.1 Å². The van der Waals surface area contributed by atoms with Crippen molar-refractivity contribution >= 4 is 0 Å².